The molecule has 0 aliphatic heterocycles. The Bertz CT molecular complexity index is 537. The topological polar surface area (TPSA) is 40.7 Å². The molecule has 0 aliphatic carbocycles. The van der Waals surface area contributed by atoms with Crippen molar-refractivity contribution in [3.63, 3.8) is 0 Å². The molecule has 96 valence electrons. The number of nitrogens with one attached hydrogen (secondary N) is 2. The summed E-state index contributed by atoms with van der Waals surface area (Å²) in [5.74, 6) is 0.613. The molecule has 0 aliphatic rings. The van der Waals surface area contributed by atoms with E-state index in [0.29, 0.717) is 12.6 Å². The lowest BCUT2D eigenvalue weighted by atomic mass is 10.2. The number of hydrogen-bond donors (Lipinski definition) is 2. The highest BCUT2D eigenvalue weighted by molar-refractivity contribution is 9.10. The summed E-state index contributed by atoms with van der Waals surface area (Å²) in [6.07, 6.45) is 1.76. The van der Waals surface area contributed by atoms with Crippen LogP contribution in [0, 0.1) is 5.82 Å². The van der Waals surface area contributed by atoms with Crippen molar-refractivity contribution in [2.45, 2.75) is 26.4 Å². The average molecular weight is 312 g/mol. The van der Waals surface area contributed by atoms with E-state index in [-0.39, 0.29) is 5.82 Å². The molecule has 0 unspecified atom stereocenters. The van der Waals surface area contributed by atoms with Crippen LogP contribution in [0.25, 0.3) is 11.3 Å². The molecule has 2 N–H and O–H groups in total. The first-order chi connectivity index (χ1) is 8.56. The van der Waals surface area contributed by atoms with Crippen LogP contribution < -0.4 is 5.32 Å². The molecule has 0 spiro atoms. The maximum absolute atomic E-state index is 13.0. The van der Waals surface area contributed by atoms with Crippen LogP contribution in [0.3, 0.4) is 0 Å². The van der Waals surface area contributed by atoms with Crippen LogP contribution in [0.4, 0.5) is 4.39 Å². The standard InChI is InChI=1S/C13H15BrFN3/c1-8(2)16-7-13-17-6-12(18-13)10-4-3-9(15)5-11(10)14/h3-6,8,16H,7H2,1-2H3,(H,17,18). The van der Waals surface area contributed by atoms with Crippen molar-refractivity contribution >= 4 is 15.9 Å². The third-order valence-electron chi connectivity index (χ3n) is 2.53. The molecule has 2 rings (SSSR count). The molecule has 18 heavy (non-hydrogen) atoms. The first-order valence-corrected chi connectivity index (χ1v) is 6.58. The first-order valence-electron chi connectivity index (χ1n) is 5.79. The number of nitrogens with zero attached hydrogens (tertiary/aromatic N) is 1. The van der Waals surface area contributed by atoms with Gasteiger partial charge >= 0.3 is 0 Å². The Morgan fingerprint density at radius 1 is 1.44 bits per heavy atom. The van der Waals surface area contributed by atoms with Crippen molar-refractivity contribution in [2.75, 3.05) is 0 Å². The van der Waals surface area contributed by atoms with Gasteiger partial charge in [-0.05, 0) is 34.1 Å². The summed E-state index contributed by atoms with van der Waals surface area (Å²) in [6.45, 7) is 4.86. The predicted molar refractivity (Wildman–Crippen MR) is 73.7 cm³/mol. The van der Waals surface area contributed by atoms with Crippen LogP contribution in [0.15, 0.2) is 28.9 Å². The minimum absolute atomic E-state index is 0.258. The molecule has 0 atom stereocenters. The van der Waals surface area contributed by atoms with Gasteiger partial charge in [0.15, 0.2) is 0 Å². The lowest BCUT2D eigenvalue weighted by Crippen LogP contribution is -2.22. The van der Waals surface area contributed by atoms with Crippen LogP contribution in [-0.2, 0) is 6.54 Å². The van der Waals surface area contributed by atoms with E-state index in [9.17, 15) is 4.39 Å². The largest absolute Gasteiger partial charge is 0.341 e. The molecule has 0 radical (unpaired) electrons. The molecule has 2 aromatic rings. The molecule has 0 amide bonds. The molecule has 1 aromatic carbocycles. The second-order valence-corrected chi connectivity index (χ2v) is 5.26. The summed E-state index contributed by atoms with van der Waals surface area (Å²) in [4.78, 5) is 7.51. The second-order valence-electron chi connectivity index (χ2n) is 4.40. The summed E-state index contributed by atoms with van der Waals surface area (Å²) < 4.78 is 13.7. The van der Waals surface area contributed by atoms with E-state index in [1.807, 2.05) is 0 Å². The predicted octanol–water partition coefficient (Wildman–Crippen LogP) is 3.48. The summed E-state index contributed by atoms with van der Waals surface area (Å²) in [6, 6.07) is 5.03. The van der Waals surface area contributed by atoms with Gasteiger partial charge in [0, 0.05) is 16.1 Å². The van der Waals surface area contributed by atoms with E-state index in [4.69, 9.17) is 0 Å². The number of benzene rings is 1. The fourth-order valence-corrected chi connectivity index (χ4v) is 2.16. The highest BCUT2D eigenvalue weighted by Gasteiger charge is 2.08. The highest BCUT2D eigenvalue weighted by Crippen LogP contribution is 2.27. The van der Waals surface area contributed by atoms with Crippen LogP contribution >= 0.6 is 15.9 Å². The average Bonchev–Trinajstić information content (AvgIpc) is 2.75. The summed E-state index contributed by atoms with van der Waals surface area (Å²) in [5, 5.41) is 3.28. The molecule has 1 aromatic heterocycles. The molecule has 0 saturated carbocycles. The van der Waals surface area contributed by atoms with Gasteiger partial charge in [0.2, 0.25) is 0 Å². The van der Waals surface area contributed by atoms with E-state index in [1.54, 1.807) is 12.3 Å². The quantitative estimate of drug-likeness (QED) is 0.907. The van der Waals surface area contributed by atoms with Crippen molar-refractivity contribution in [1.29, 1.82) is 0 Å². The lowest BCUT2D eigenvalue weighted by molar-refractivity contribution is 0.575. The summed E-state index contributed by atoms with van der Waals surface area (Å²) in [7, 11) is 0. The number of H-pyrrole nitrogens is 1. The normalized spacial score (nSPS) is 11.2. The first kappa shape index (κ1) is 13.2. The van der Waals surface area contributed by atoms with Gasteiger partial charge in [0.25, 0.3) is 0 Å². The second kappa shape index (κ2) is 5.63. The Hall–Kier alpha value is -1.20. The zero-order chi connectivity index (χ0) is 13.1. The fourth-order valence-electron chi connectivity index (χ4n) is 1.60. The molecule has 0 fully saturated rings. The monoisotopic (exact) mass is 311 g/mol. The Labute approximate surface area is 114 Å². The van der Waals surface area contributed by atoms with Crippen molar-refractivity contribution in [3.8, 4) is 11.3 Å². The fraction of sp³-hybridized carbons (Fsp3) is 0.308. The van der Waals surface area contributed by atoms with Gasteiger partial charge in [-0.2, -0.15) is 0 Å². The van der Waals surface area contributed by atoms with Gasteiger partial charge in [-0.3, -0.25) is 0 Å². The van der Waals surface area contributed by atoms with Gasteiger partial charge < -0.3 is 10.3 Å². The lowest BCUT2D eigenvalue weighted by Gasteiger charge is -2.05. The van der Waals surface area contributed by atoms with Crippen molar-refractivity contribution < 1.29 is 4.39 Å². The van der Waals surface area contributed by atoms with E-state index in [2.05, 4.69) is 45.1 Å². The van der Waals surface area contributed by atoms with Gasteiger partial charge in [-0.1, -0.05) is 13.8 Å². The Kier molecular flexibility index (Phi) is 4.14. The molecular formula is C13H15BrFN3. The minimum Gasteiger partial charge on any atom is -0.341 e. The van der Waals surface area contributed by atoms with Gasteiger partial charge in [-0.15, -0.1) is 0 Å². The molecule has 5 heteroatoms. The van der Waals surface area contributed by atoms with Crippen molar-refractivity contribution in [1.82, 2.24) is 15.3 Å². The summed E-state index contributed by atoms with van der Waals surface area (Å²) >= 11 is 3.35. The zero-order valence-corrected chi connectivity index (χ0v) is 11.9. The maximum Gasteiger partial charge on any atom is 0.124 e. The molecular weight excluding hydrogens is 297 g/mol. The molecule has 3 nitrogen and oxygen atoms in total. The van der Waals surface area contributed by atoms with Crippen molar-refractivity contribution in [2.24, 2.45) is 0 Å². The van der Waals surface area contributed by atoms with E-state index >= 15 is 0 Å². The Balaban J connectivity index is 2.18. The number of aromatic amines is 1. The van der Waals surface area contributed by atoms with E-state index in [1.165, 1.54) is 12.1 Å². The van der Waals surface area contributed by atoms with Crippen LogP contribution in [0.1, 0.15) is 19.7 Å². The maximum atomic E-state index is 13.0. The number of imidazole rings is 1. The number of rotatable bonds is 4. The molecule has 0 bridgehead atoms. The van der Waals surface area contributed by atoms with Crippen molar-refractivity contribution in [3.05, 3.63) is 40.5 Å². The van der Waals surface area contributed by atoms with Crippen LogP contribution in [0.5, 0.6) is 0 Å². The van der Waals surface area contributed by atoms with Gasteiger partial charge in [-0.25, -0.2) is 9.37 Å². The number of aromatic nitrogens is 2. The minimum atomic E-state index is -0.258. The number of halogens is 2. The van der Waals surface area contributed by atoms with Crippen LogP contribution in [0.2, 0.25) is 0 Å². The van der Waals surface area contributed by atoms with E-state index < -0.39 is 0 Å². The Morgan fingerprint density at radius 2 is 2.22 bits per heavy atom. The molecule has 1 heterocycles. The SMILES string of the molecule is CC(C)NCc1ncc(-c2ccc(F)cc2Br)[nH]1. The van der Waals surface area contributed by atoms with Gasteiger partial charge in [0.05, 0.1) is 18.4 Å². The third kappa shape index (κ3) is 3.17. The Morgan fingerprint density at radius 3 is 2.89 bits per heavy atom. The van der Waals surface area contributed by atoms with Crippen LogP contribution in [-0.4, -0.2) is 16.0 Å². The molecule has 0 saturated heterocycles. The summed E-state index contributed by atoms with van der Waals surface area (Å²) in [5.41, 5.74) is 1.78. The van der Waals surface area contributed by atoms with E-state index in [0.717, 1.165) is 21.6 Å². The van der Waals surface area contributed by atoms with Gasteiger partial charge in [0.1, 0.15) is 11.6 Å². The highest BCUT2D eigenvalue weighted by atomic mass is 79.9. The third-order valence-corrected chi connectivity index (χ3v) is 3.18. The smallest absolute Gasteiger partial charge is 0.124 e. The number of hydrogen-bond acceptors (Lipinski definition) is 2. The zero-order valence-electron chi connectivity index (χ0n) is 10.3.